The van der Waals surface area contributed by atoms with E-state index in [4.69, 9.17) is 0 Å². The van der Waals surface area contributed by atoms with Crippen LogP contribution in [0.2, 0.25) is 0 Å². The van der Waals surface area contributed by atoms with Gasteiger partial charge in [0.05, 0.1) is 10.8 Å². The topological polar surface area (TPSA) is 71.4 Å². The Hall–Kier alpha value is -1.45. The summed E-state index contributed by atoms with van der Waals surface area (Å²) in [6, 6.07) is 0. The van der Waals surface area contributed by atoms with Gasteiger partial charge in [-0.15, -0.1) is 0 Å². The second kappa shape index (κ2) is 7.07. The summed E-state index contributed by atoms with van der Waals surface area (Å²) in [5, 5.41) is 10.5. The molecule has 7 atom stereocenters. The molecule has 4 nitrogen and oxygen atoms in total. The number of carbonyl (C=O) groups excluding carboxylic acids is 2. The summed E-state index contributed by atoms with van der Waals surface area (Å²) in [4.78, 5) is 38.9. The average molecular weight is 469 g/mol. The minimum atomic E-state index is -0.725. The first-order valence-electron chi connectivity index (χ1n) is 13.6. The van der Waals surface area contributed by atoms with E-state index in [0.29, 0.717) is 43.3 Å². The molecule has 0 aromatic rings. The number of hydrogen-bond acceptors (Lipinski definition) is 3. The molecule has 34 heavy (non-hydrogen) atoms. The fraction of sp³-hybridized carbons (Fsp3) is 0.833. The fourth-order valence-corrected chi connectivity index (χ4v) is 10.4. The van der Waals surface area contributed by atoms with Gasteiger partial charge in [0.1, 0.15) is 12.1 Å². The van der Waals surface area contributed by atoms with Crippen LogP contribution in [0.3, 0.4) is 0 Å². The summed E-state index contributed by atoms with van der Waals surface area (Å²) < 4.78 is 0. The maximum Gasteiger partial charge on any atom is 0.310 e. The van der Waals surface area contributed by atoms with Crippen LogP contribution in [0.1, 0.15) is 106 Å². The van der Waals surface area contributed by atoms with Crippen molar-refractivity contribution in [1.29, 1.82) is 0 Å². The zero-order valence-corrected chi connectivity index (χ0v) is 22.1. The van der Waals surface area contributed by atoms with E-state index in [1.807, 2.05) is 0 Å². The van der Waals surface area contributed by atoms with Gasteiger partial charge in [-0.2, -0.15) is 0 Å². The van der Waals surface area contributed by atoms with Crippen LogP contribution in [0.4, 0.5) is 0 Å². The van der Waals surface area contributed by atoms with Gasteiger partial charge in [-0.1, -0.05) is 53.2 Å². The van der Waals surface area contributed by atoms with Crippen molar-refractivity contribution in [3.05, 3.63) is 11.6 Å². The quantitative estimate of drug-likeness (QED) is 0.365. The SMILES string of the molecule is CC1(C)CC[C@]2(C(=O)O)CC[C@]3(C=O)C(=CC[C@@H]4[C@@]5(C)CCC(=O)C(C)(C)[C@@H]5CC[C@]43C)[C@@H]2C1. The zero-order valence-electron chi connectivity index (χ0n) is 22.1. The van der Waals surface area contributed by atoms with Gasteiger partial charge in [0.15, 0.2) is 0 Å². The lowest BCUT2D eigenvalue weighted by Crippen LogP contribution is -2.65. The van der Waals surface area contributed by atoms with E-state index in [-0.39, 0.29) is 27.6 Å². The van der Waals surface area contributed by atoms with Crippen molar-refractivity contribution in [2.45, 2.75) is 106 Å². The standard InChI is InChI=1S/C30H44O4/c1-25(2)13-14-29(24(33)34)15-16-30(18-31)19(20(29)17-25)7-8-22-27(5)11-10-23(32)26(3,4)21(27)9-12-28(22,30)6/h7,18,20-22H,8-17H2,1-6H3,(H,33,34)/t20-,21-,22+,27-,28+,29-,30-/m0/s1. The number of carboxylic acid groups (broad SMARTS) is 1. The largest absolute Gasteiger partial charge is 0.481 e. The third-order valence-corrected chi connectivity index (χ3v) is 12.5. The molecule has 5 rings (SSSR count). The Morgan fingerprint density at radius 1 is 0.971 bits per heavy atom. The molecule has 5 aliphatic carbocycles. The molecular weight excluding hydrogens is 424 g/mol. The lowest BCUT2D eigenvalue weighted by molar-refractivity contribution is -0.190. The van der Waals surface area contributed by atoms with Crippen LogP contribution in [0.15, 0.2) is 11.6 Å². The van der Waals surface area contributed by atoms with Crippen LogP contribution in [-0.2, 0) is 14.4 Å². The summed E-state index contributed by atoms with van der Waals surface area (Å²) in [6.45, 7) is 13.6. The first kappa shape index (κ1) is 24.3. The van der Waals surface area contributed by atoms with Crippen molar-refractivity contribution in [2.24, 2.45) is 50.2 Å². The Bertz CT molecular complexity index is 974. The molecule has 0 unspecified atom stereocenters. The first-order chi connectivity index (χ1) is 15.7. The van der Waals surface area contributed by atoms with Gasteiger partial charge in [-0.3, -0.25) is 9.59 Å². The van der Waals surface area contributed by atoms with Gasteiger partial charge in [-0.25, -0.2) is 0 Å². The van der Waals surface area contributed by atoms with E-state index >= 15 is 0 Å². The Labute approximate surface area is 205 Å². The van der Waals surface area contributed by atoms with Crippen molar-refractivity contribution in [1.82, 2.24) is 0 Å². The highest BCUT2D eigenvalue weighted by Crippen LogP contribution is 2.75. The van der Waals surface area contributed by atoms with Crippen molar-refractivity contribution in [2.75, 3.05) is 0 Å². The van der Waals surface area contributed by atoms with Gasteiger partial charge in [0, 0.05) is 11.8 Å². The lowest BCUT2D eigenvalue weighted by Gasteiger charge is -2.69. The summed E-state index contributed by atoms with van der Waals surface area (Å²) in [7, 11) is 0. The van der Waals surface area contributed by atoms with Gasteiger partial charge in [0.25, 0.3) is 0 Å². The third kappa shape index (κ3) is 2.75. The molecule has 4 fully saturated rings. The van der Waals surface area contributed by atoms with Gasteiger partial charge >= 0.3 is 5.97 Å². The predicted molar refractivity (Wildman–Crippen MR) is 132 cm³/mol. The van der Waals surface area contributed by atoms with E-state index in [2.05, 4.69) is 47.6 Å². The fourth-order valence-electron chi connectivity index (χ4n) is 10.4. The molecule has 5 aliphatic rings. The monoisotopic (exact) mass is 468 g/mol. The van der Waals surface area contributed by atoms with E-state index in [1.165, 1.54) is 6.29 Å². The Morgan fingerprint density at radius 2 is 1.65 bits per heavy atom. The molecule has 0 radical (unpaired) electrons. The first-order valence-corrected chi connectivity index (χ1v) is 13.6. The van der Waals surface area contributed by atoms with E-state index in [1.54, 1.807) is 0 Å². The van der Waals surface area contributed by atoms with E-state index in [9.17, 15) is 19.5 Å². The molecule has 0 aromatic heterocycles. The maximum atomic E-state index is 13.3. The number of Topliss-reactive ketones (excluding diaryl/α,β-unsaturated/α-hetero) is 1. The molecule has 0 spiro atoms. The molecule has 0 aromatic carbocycles. The van der Waals surface area contributed by atoms with E-state index < -0.39 is 16.8 Å². The Kier molecular flexibility index (Phi) is 5.04. The van der Waals surface area contributed by atoms with E-state index in [0.717, 1.165) is 44.1 Å². The maximum absolute atomic E-state index is 13.3. The second-order valence-electron chi connectivity index (χ2n) is 14.6. The highest BCUT2D eigenvalue weighted by molar-refractivity contribution is 5.85. The molecule has 188 valence electrons. The van der Waals surface area contributed by atoms with Crippen LogP contribution >= 0.6 is 0 Å². The zero-order chi connectivity index (χ0) is 24.9. The molecule has 0 bridgehead atoms. The third-order valence-electron chi connectivity index (χ3n) is 12.5. The number of hydrogen-bond donors (Lipinski definition) is 1. The molecule has 1 N–H and O–H groups in total. The van der Waals surface area contributed by atoms with Gasteiger partial charge in [-0.05, 0) is 91.8 Å². The summed E-state index contributed by atoms with van der Waals surface area (Å²) in [5.74, 6) is 0.357. The molecule has 0 heterocycles. The molecule has 0 amide bonds. The molecular formula is C30H44O4. The number of rotatable bonds is 2. The van der Waals surface area contributed by atoms with Crippen LogP contribution in [0.25, 0.3) is 0 Å². The van der Waals surface area contributed by atoms with Crippen molar-refractivity contribution >= 4 is 18.0 Å². The van der Waals surface area contributed by atoms with Crippen molar-refractivity contribution < 1.29 is 19.5 Å². The van der Waals surface area contributed by atoms with Gasteiger partial charge in [0.2, 0.25) is 0 Å². The number of carbonyl (C=O) groups is 3. The second-order valence-corrected chi connectivity index (χ2v) is 14.6. The minimum Gasteiger partial charge on any atom is -0.481 e. The van der Waals surface area contributed by atoms with Crippen molar-refractivity contribution in [3.63, 3.8) is 0 Å². The predicted octanol–water partition coefficient (Wildman–Crippen LogP) is 6.62. The summed E-state index contributed by atoms with van der Waals surface area (Å²) in [6.07, 6.45) is 11.7. The number of ketones is 1. The molecule has 4 heteroatoms. The van der Waals surface area contributed by atoms with Crippen LogP contribution in [0, 0.1) is 50.2 Å². The van der Waals surface area contributed by atoms with Crippen LogP contribution in [0.5, 0.6) is 0 Å². The normalized spacial score (nSPS) is 48.9. The van der Waals surface area contributed by atoms with Crippen LogP contribution < -0.4 is 0 Å². The minimum absolute atomic E-state index is 0.0234. The van der Waals surface area contributed by atoms with Crippen LogP contribution in [-0.4, -0.2) is 23.1 Å². The molecule has 4 saturated carbocycles. The molecule has 0 aliphatic heterocycles. The number of carboxylic acids is 1. The number of aliphatic carboxylic acids is 1. The average Bonchev–Trinajstić information content (AvgIpc) is 2.75. The van der Waals surface area contributed by atoms with Crippen molar-refractivity contribution in [3.8, 4) is 0 Å². The summed E-state index contributed by atoms with van der Waals surface area (Å²) in [5.41, 5.74) is -0.529. The highest BCUT2D eigenvalue weighted by atomic mass is 16.4. The number of aldehydes is 1. The number of allylic oxidation sites excluding steroid dienone is 2. The molecule has 0 saturated heterocycles. The smallest absolute Gasteiger partial charge is 0.310 e. The summed E-state index contributed by atoms with van der Waals surface area (Å²) >= 11 is 0. The Morgan fingerprint density at radius 3 is 2.29 bits per heavy atom. The van der Waals surface area contributed by atoms with Gasteiger partial charge < -0.3 is 9.90 Å². The highest BCUT2D eigenvalue weighted by Gasteiger charge is 2.70. The lowest BCUT2D eigenvalue weighted by atomic mass is 9.33. The Balaban J connectivity index is 1.64. The number of fused-ring (bicyclic) bond motifs is 7.